The molecule has 2 rings (SSSR count). The summed E-state index contributed by atoms with van der Waals surface area (Å²) in [5.74, 6) is 0.838. The maximum atomic E-state index is 5.92. The fourth-order valence-electron chi connectivity index (χ4n) is 2.21. The molecule has 0 aliphatic carbocycles. The van der Waals surface area contributed by atoms with Gasteiger partial charge in [0.15, 0.2) is 0 Å². The van der Waals surface area contributed by atoms with Crippen LogP contribution in [-0.4, -0.2) is 13.7 Å². The largest absolute Gasteiger partial charge is 0.495 e. The van der Waals surface area contributed by atoms with E-state index in [1.807, 2.05) is 24.3 Å². The number of nitrogens with one attached hydrogen (secondary N) is 1. The number of aryl methyl sites for hydroxylation is 2. The van der Waals surface area contributed by atoms with E-state index in [0.29, 0.717) is 6.54 Å². The minimum Gasteiger partial charge on any atom is -0.495 e. The second-order valence-corrected chi connectivity index (χ2v) is 5.96. The van der Waals surface area contributed by atoms with Crippen LogP contribution in [0.5, 0.6) is 5.75 Å². The van der Waals surface area contributed by atoms with Gasteiger partial charge >= 0.3 is 0 Å². The predicted molar refractivity (Wildman–Crippen MR) is 82.2 cm³/mol. The van der Waals surface area contributed by atoms with Crippen molar-refractivity contribution in [2.24, 2.45) is 5.73 Å². The number of anilines is 1. The fourth-order valence-corrected chi connectivity index (χ4v) is 3.20. The van der Waals surface area contributed by atoms with Crippen LogP contribution in [-0.2, 0) is 0 Å². The summed E-state index contributed by atoms with van der Waals surface area (Å²) in [4.78, 5) is 2.63. The van der Waals surface area contributed by atoms with Crippen molar-refractivity contribution in [1.29, 1.82) is 0 Å². The topological polar surface area (TPSA) is 47.3 Å². The SMILES string of the molecule is COc1ccccc1NC(CN)c1cc(C)sc1C. The molecule has 19 heavy (non-hydrogen) atoms. The van der Waals surface area contributed by atoms with E-state index < -0.39 is 0 Å². The smallest absolute Gasteiger partial charge is 0.141 e. The maximum Gasteiger partial charge on any atom is 0.141 e. The Morgan fingerprint density at radius 2 is 2.05 bits per heavy atom. The van der Waals surface area contributed by atoms with Crippen LogP contribution in [0.3, 0.4) is 0 Å². The van der Waals surface area contributed by atoms with E-state index in [1.165, 1.54) is 15.3 Å². The highest BCUT2D eigenvalue weighted by molar-refractivity contribution is 7.12. The summed E-state index contributed by atoms with van der Waals surface area (Å²) < 4.78 is 5.36. The van der Waals surface area contributed by atoms with E-state index >= 15 is 0 Å². The van der Waals surface area contributed by atoms with Crippen molar-refractivity contribution in [1.82, 2.24) is 0 Å². The molecule has 0 amide bonds. The van der Waals surface area contributed by atoms with Gasteiger partial charge in [0, 0.05) is 16.3 Å². The fraction of sp³-hybridized carbons (Fsp3) is 0.333. The summed E-state index contributed by atoms with van der Waals surface area (Å²) in [5, 5.41) is 3.48. The average molecular weight is 276 g/mol. The normalized spacial score (nSPS) is 12.2. The van der Waals surface area contributed by atoms with Crippen LogP contribution >= 0.6 is 11.3 Å². The monoisotopic (exact) mass is 276 g/mol. The van der Waals surface area contributed by atoms with Gasteiger partial charge in [-0.3, -0.25) is 0 Å². The van der Waals surface area contributed by atoms with E-state index in [-0.39, 0.29) is 6.04 Å². The van der Waals surface area contributed by atoms with E-state index in [0.717, 1.165) is 11.4 Å². The maximum absolute atomic E-state index is 5.92. The Bertz CT molecular complexity index is 551. The van der Waals surface area contributed by atoms with Crippen molar-refractivity contribution >= 4 is 17.0 Å². The molecular weight excluding hydrogens is 256 g/mol. The van der Waals surface area contributed by atoms with Gasteiger partial charge in [-0.05, 0) is 37.6 Å². The second-order valence-electron chi connectivity index (χ2n) is 4.50. The minimum absolute atomic E-state index is 0.112. The molecule has 1 aromatic heterocycles. The highest BCUT2D eigenvalue weighted by Crippen LogP contribution is 2.31. The number of benzene rings is 1. The van der Waals surface area contributed by atoms with Gasteiger partial charge in [0.05, 0.1) is 18.8 Å². The minimum atomic E-state index is 0.112. The Morgan fingerprint density at radius 1 is 1.32 bits per heavy atom. The van der Waals surface area contributed by atoms with Gasteiger partial charge in [-0.15, -0.1) is 11.3 Å². The zero-order valence-electron chi connectivity index (χ0n) is 11.6. The van der Waals surface area contributed by atoms with Gasteiger partial charge in [-0.2, -0.15) is 0 Å². The van der Waals surface area contributed by atoms with Crippen molar-refractivity contribution < 1.29 is 4.74 Å². The molecule has 0 radical (unpaired) electrons. The molecule has 3 N–H and O–H groups in total. The molecule has 2 aromatic rings. The second kappa shape index (κ2) is 6.08. The first-order chi connectivity index (χ1) is 9.15. The Balaban J connectivity index is 2.26. The highest BCUT2D eigenvalue weighted by Gasteiger charge is 2.15. The number of methoxy groups -OCH3 is 1. The first-order valence-corrected chi connectivity index (χ1v) is 7.14. The summed E-state index contributed by atoms with van der Waals surface area (Å²) >= 11 is 1.81. The van der Waals surface area contributed by atoms with Crippen LogP contribution < -0.4 is 15.8 Å². The van der Waals surface area contributed by atoms with Crippen LogP contribution in [0.25, 0.3) is 0 Å². The zero-order valence-corrected chi connectivity index (χ0v) is 12.4. The van der Waals surface area contributed by atoms with Crippen molar-refractivity contribution in [3.8, 4) is 5.75 Å². The molecule has 4 heteroatoms. The molecule has 0 fully saturated rings. The molecule has 0 aliphatic heterocycles. The van der Waals surface area contributed by atoms with Gasteiger partial charge in [0.25, 0.3) is 0 Å². The van der Waals surface area contributed by atoms with Crippen LogP contribution in [0.1, 0.15) is 21.4 Å². The third kappa shape index (κ3) is 3.08. The summed E-state index contributed by atoms with van der Waals surface area (Å²) in [6.07, 6.45) is 0. The lowest BCUT2D eigenvalue weighted by Crippen LogP contribution is -2.21. The lowest BCUT2D eigenvalue weighted by Gasteiger charge is -2.20. The van der Waals surface area contributed by atoms with E-state index in [4.69, 9.17) is 10.5 Å². The first-order valence-electron chi connectivity index (χ1n) is 6.32. The van der Waals surface area contributed by atoms with Crippen LogP contribution in [0.15, 0.2) is 30.3 Å². The van der Waals surface area contributed by atoms with Crippen molar-refractivity contribution in [2.45, 2.75) is 19.9 Å². The summed E-state index contributed by atoms with van der Waals surface area (Å²) in [7, 11) is 1.68. The zero-order chi connectivity index (χ0) is 13.8. The van der Waals surface area contributed by atoms with Crippen LogP contribution in [0.4, 0.5) is 5.69 Å². The van der Waals surface area contributed by atoms with Crippen molar-refractivity contribution in [3.05, 3.63) is 45.6 Å². The summed E-state index contributed by atoms with van der Waals surface area (Å²) in [5.41, 5.74) is 8.17. The molecule has 0 aliphatic rings. The third-order valence-corrected chi connectivity index (χ3v) is 4.11. The molecule has 0 saturated carbocycles. The predicted octanol–water partition coefficient (Wildman–Crippen LogP) is 3.49. The van der Waals surface area contributed by atoms with Gasteiger partial charge in [0.1, 0.15) is 5.75 Å². The standard InChI is InChI=1S/C15H20N2OS/c1-10-8-12(11(2)19-10)14(9-16)17-13-6-4-5-7-15(13)18-3/h4-8,14,17H,9,16H2,1-3H3. The van der Waals surface area contributed by atoms with Gasteiger partial charge in [-0.1, -0.05) is 12.1 Å². The van der Waals surface area contributed by atoms with Gasteiger partial charge in [-0.25, -0.2) is 0 Å². The number of hydrogen-bond acceptors (Lipinski definition) is 4. The Hall–Kier alpha value is -1.52. The lowest BCUT2D eigenvalue weighted by molar-refractivity contribution is 0.416. The molecule has 0 spiro atoms. The molecular formula is C15H20N2OS. The summed E-state index contributed by atoms with van der Waals surface area (Å²) in [6.45, 7) is 4.81. The number of rotatable bonds is 5. The molecule has 3 nitrogen and oxygen atoms in total. The Kier molecular flexibility index (Phi) is 4.45. The molecule has 1 heterocycles. The van der Waals surface area contributed by atoms with E-state index in [1.54, 1.807) is 18.4 Å². The average Bonchev–Trinajstić information content (AvgIpc) is 2.75. The van der Waals surface area contributed by atoms with Crippen LogP contribution in [0, 0.1) is 13.8 Å². The molecule has 1 atom stereocenters. The lowest BCUT2D eigenvalue weighted by atomic mass is 10.1. The van der Waals surface area contributed by atoms with Gasteiger partial charge in [0.2, 0.25) is 0 Å². The van der Waals surface area contributed by atoms with Gasteiger partial charge < -0.3 is 15.8 Å². The van der Waals surface area contributed by atoms with Crippen molar-refractivity contribution in [2.75, 3.05) is 19.0 Å². The molecule has 1 unspecified atom stereocenters. The first kappa shape index (κ1) is 13.9. The number of nitrogens with two attached hydrogens (primary N) is 1. The Morgan fingerprint density at radius 3 is 2.63 bits per heavy atom. The molecule has 1 aromatic carbocycles. The van der Waals surface area contributed by atoms with Crippen molar-refractivity contribution in [3.63, 3.8) is 0 Å². The number of ether oxygens (including phenoxy) is 1. The third-order valence-electron chi connectivity index (χ3n) is 3.13. The molecule has 0 bridgehead atoms. The number of hydrogen-bond donors (Lipinski definition) is 2. The quantitative estimate of drug-likeness (QED) is 0.879. The van der Waals surface area contributed by atoms with Crippen LogP contribution in [0.2, 0.25) is 0 Å². The molecule has 102 valence electrons. The van der Waals surface area contributed by atoms with E-state index in [2.05, 4.69) is 25.2 Å². The number of thiophene rings is 1. The Labute approximate surface area is 118 Å². The van der Waals surface area contributed by atoms with E-state index in [9.17, 15) is 0 Å². The number of para-hydroxylation sites is 2. The summed E-state index contributed by atoms with van der Waals surface area (Å²) in [6, 6.07) is 10.2. The molecule has 0 saturated heterocycles. The highest BCUT2D eigenvalue weighted by atomic mass is 32.1.